The Bertz CT molecular complexity index is 383. The molecular weight excluding hydrogens is 242 g/mol. The average molecular weight is 265 g/mol. The Morgan fingerprint density at radius 1 is 1.42 bits per heavy atom. The van der Waals surface area contributed by atoms with Crippen molar-refractivity contribution in [2.45, 2.75) is 31.5 Å². The molecule has 1 aromatic rings. The molecule has 0 spiro atoms. The molecule has 0 aromatic carbocycles. The van der Waals surface area contributed by atoms with E-state index in [0.29, 0.717) is 19.2 Å². The molecule has 1 aliphatic carbocycles. The Kier molecular flexibility index (Phi) is 5.57. The molecule has 1 unspecified atom stereocenters. The third-order valence-electron chi connectivity index (χ3n) is 3.28. The van der Waals surface area contributed by atoms with E-state index in [9.17, 15) is 0 Å². The molecule has 5 heteroatoms. The second-order valence-electron chi connectivity index (χ2n) is 4.88. The maximum Gasteiger partial charge on any atom is 0.0976 e. The highest BCUT2D eigenvalue weighted by molar-refractivity contribution is 5.48. The smallest absolute Gasteiger partial charge is 0.0976 e. The molecule has 1 saturated carbocycles. The Labute approximate surface area is 114 Å². The van der Waals surface area contributed by atoms with Crippen molar-refractivity contribution >= 4 is 5.69 Å². The van der Waals surface area contributed by atoms with Crippen molar-refractivity contribution in [3.8, 4) is 0 Å². The number of rotatable bonds is 9. The van der Waals surface area contributed by atoms with Gasteiger partial charge in [0.15, 0.2) is 0 Å². The maximum absolute atomic E-state index is 5.34. The highest BCUT2D eigenvalue weighted by Gasteiger charge is 2.20. The SMILES string of the molecule is COCC(CNc1cnccc1CNC1CC1)OC. The minimum Gasteiger partial charge on any atom is -0.382 e. The Morgan fingerprint density at radius 2 is 2.26 bits per heavy atom. The molecule has 1 heterocycles. The quantitative estimate of drug-likeness (QED) is 0.707. The lowest BCUT2D eigenvalue weighted by Gasteiger charge is -2.17. The van der Waals surface area contributed by atoms with Crippen molar-refractivity contribution in [3.63, 3.8) is 0 Å². The molecule has 2 rings (SSSR count). The van der Waals surface area contributed by atoms with E-state index in [2.05, 4.69) is 21.7 Å². The van der Waals surface area contributed by atoms with Crippen LogP contribution in [0.15, 0.2) is 18.5 Å². The van der Waals surface area contributed by atoms with Crippen molar-refractivity contribution in [3.05, 3.63) is 24.0 Å². The number of pyridine rings is 1. The molecular formula is C14H23N3O2. The predicted octanol–water partition coefficient (Wildman–Crippen LogP) is 1.41. The van der Waals surface area contributed by atoms with Crippen LogP contribution >= 0.6 is 0 Å². The summed E-state index contributed by atoms with van der Waals surface area (Å²) in [5.41, 5.74) is 2.31. The summed E-state index contributed by atoms with van der Waals surface area (Å²) >= 11 is 0. The first kappa shape index (κ1) is 14.2. The van der Waals surface area contributed by atoms with Gasteiger partial charge in [-0.15, -0.1) is 0 Å². The van der Waals surface area contributed by atoms with E-state index in [1.807, 2.05) is 12.4 Å². The van der Waals surface area contributed by atoms with E-state index in [-0.39, 0.29) is 6.10 Å². The van der Waals surface area contributed by atoms with Crippen LogP contribution in [0.4, 0.5) is 5.69 Å². The lowest BCUT2D eigenvalue weighted by Crippen LogP contribution is -2.27. The topological polar surface area (TPSA) is 55.4 Å². The third-order valence-corrected chi connectivity index (χ3v) is 3.28. The lowest BCUT2D eigenvalue weighted by molar-refractivity contribution is 0.0365. The first-order valence-corrected chi connectivity index (χ1v) is 6.75. The zero-order chi connectivity index (χ0) is 13.5. The summed E-state index contributed by atoms with van der Waals surface area (Å²) in [5, 5.41) is 6.90. The normalized spacial score (nSPS) is 16.3. The fourth-order valence-electron chi connectivity index (χ4n) is 1.90. The predicted molar refractivity (Wildman–Crippen MR) is 75.3 cm³/mol. The Morgan fingerprint density at radius 3 is 2.95 bits per heavy atom. The largest absolute Gasteiger partial charge is 0.382 e. The van der Waals surface area contributed by atoms with Gasteiger partial charge in [0.05, 0.1) is 24.6 Å². The number of aromatic nitrogens is 1. The van der Waals surface area contributed by atoms with Crippen molar-refractivity contribution < 1.29 is 9.47 Å². The van der Waals surface area contributed by atoms with E-state index in [1.165, 1.54) is 18.4 Å². The molecule has 0 aliphatic heterocycles. The standard InChI is InChI=1S/C14H23N3O2/c1-18-10-13(19-2)8-17-14-9-15-6-5-11(14)7-16-12-3-4-12/h5-6,9,12-13,16-17H,3-4,7-8,10H2,1-2H3. The molecule has 0 saturated heterocycles. The summed E-state index contributed by atoms with van der Waals surface area (Å²) in [5.74, 6) is 0. The van der Waals surface area contributed by atoms with Crippen LogP contribution in [0.5, 0.6) is 0 Å². The van der Waals surface area contributed by atoms with E-state index < -0.39 is 0 Å². The van der Waals surface area contributed by atoms with Crippen LogP contribution in [0.3, 0.4) is 0 Å². The maximum atomic E-state index is 5.34. The van der Waals surface area contributed by atoms with Gasteiger partial charge in [-0.2, -0.15) is 0 Å². The van der Waals surface area contributed by atoms with E-state index >= 15 is 0 Å². The van der Waals surface area contributed by atoms with Crippen molar-refractivity contribution in [1.82, 2.24) is 10.3 Å². The minimum atomic E-state index is 0.0504. The van der Waals surface area contributed by atoms with Crippen molar-refractivity contribution in [1.29, 1.82) is 0 Å². The fourth-order valence-corrected chi connectivity index (χ4v) is 1.90. The molecule has 0 radical (unpaired) electrons. The lowest BCUT2D eigenvalue weighted by atomic mass is 10.2. The average Bonchev–Trinajstić information content (AvgIpc) is 3.26. The van der Waals surface area contributed by atoms with Gasteiger partial charge >= 0.3 is 0 Å². The van der Waals surface area contributed by atoms with Gasteiger partial charge < -0.3 is 20.1 Å². The second-order valence-corrected chi connectivity index (χ2v) is 4.88. The minimum absolute atomic E-state index is 0.0504. The molecule has 0 bridgehead atoms. The van der Waals surface area contributed by atoms with Crippen molar-refractivity contribution in [2.24, 2.45) is 0 Å². The van der Waals surface area contributed by atoms with E-state index in [1.54, 1.807) is 14.2 Å². The van der Waals surface area contributed by atoms with Crippen LogP contribution in [-0.4, -0.2) is 44.5 Å². The second kappa shape index (κ2) is 7.43. The summed E-state index contributed by atoms with van der Waals surface area (Å²) in [7, 11) is 3.38. The molecule has 1 atom stereocenters. The number of ether oxygens (including phenoxy) is 2. The first-order chi connectivity index (χ1) is 9.33. The van der Waals surface area contributed by atoms with Gasteiger partial charge in [0, 0.05) is 39.5 Å². The summed E-state index contributed by atoms with van der Waals surface area (Å²) in [6.07, 6.45) is 6.34. The van der Waals surface area contributed by atoms with Gasteiger partial charge in [-0.1, -0.05) is 0 Å². The number of nitrogens with one attached hydrogen (secondary N) is 2. The van der Waals surface area contributed by atoms with E-state index in [0.717, 1.165) is 12.2 Å². The third kappa shape index (κ3) is 4.78. The van der Waals surface area contributed by atoms with Gasteiger partial charge in [-0.3, -0.25) is 4.98 Å². The molecule has 106 valence electrons. The van der Waals surface area contributed by atoms with Crippen LogP contribution < -0.4 is 10.6 Å². The van der Waals surface area contributed by atoms with Crippen LogP contribution in [0.2, 0.25) is 0 Å². The first-order valence-electron chi connectivity index (χ1n) is 6.75. The van der Waals surface area contributed by atoms with Gasteiger partial charge in [0.2, 0.25) is 0 Å². The van der Waals surface area contributed by atoms with Gasteiger partial charge in [0.25, 0.3) is 0 Å². The van der Waals surface area contributed by atoms with E-state index in [4.69, 9.17) is 9.47 Å². The Hall–Kier alpha value is -1.17. The zero-order valence-corrected chi connectivity index (χ0v) is 11.7. The molecule has 0 amide bonds. The summed E-state index contributed by atoms with van der Waals surface area (Å²) in [6.45, 7) is 2.18. The highest BCUT2D eigenvalue weighted by Crippen LogP contribution is 2.21. The molecule has 2 N–H and O–H groups in total. The monoisotopic (exact) mass is 265 g/mol. The molecule has 19 heavy (non-hydrogen) atoms. The van der Waals surface area contributed by atoms with Crippen LogP contribution in [-0.2, 0) is 16.0 Å². The molecule has 1 aromatic heterocycles. The van der Waals surface area contributed by atoms with Crippen LogP contribution in [0.1, 0.15) is 18.4 Å². The zero-order valence-electron chi connectivity index (χ0n) is 11.7. The number of hydrogen-bond acceptors (Lipinski definition) is 5. The highest BCUT2D eigenvalue weighted by atomic mass is 16.5. The van der Waals surface area contributed by atoms with Gasteiger partial charge in [0.1, 0.15) is 0 Å². The number of hydrogen-bond donors (Lipinski definition) is 2. The molecule has 1 fully saturated rings. The molecule has 5 nitrogen and oxygen atoms in total. The van der Waals surface area contributed by atoms with Crippen LogP contribution in [0, 0.1) is 0 Å². The summed E-state index contributed by atoms with van der Waals surface area (Å²) in [4.78, 5) is 4.18. The number of methoxy groups -OCH3 is 2. The summed E-state index contributed by atoms with van der Waals surface area (Å²) in [6, 6.07) is 2.76. The Balaban J connectivity index is 1.86. The van der Waals surface area contributed by atoms with Gasteiger partial charge in [-0.05, 0) is 24.5 Å². The number of anilines is 1. The summed E-state index contributed by atoms with van der Waals surface area (Å²) < 4.78 is 10.4. The van der Waals surface area contributed by atoms with Gasteiger partial charge in [-0.25, -0.2) is 0 Å². The number of nitrogens with zero attached hydrogens (tertiary/aromatic N) is 1. The fraction of sp³-hybridized carbons (Fsp3) is 0.643. The van der Waals surface area contributed by atoms with Crippen molar-refractivity contribution in [2.75, 3.05) is 32.7 Å². The van der Waals surface area contributed by atoms with Crippen LogP contribution in [0.25, 0.3) is 0 Å². The molecule has 1 aliphatic rings.